The maximum atomic E-state index is 10.4. The van der Waals surface area contributed by atoms with E-state index in [1.54, 1.807) is 0 Å². The lowest BCUT2D eigenvalue weighted by molar-refractivity contribution is 0.564. The molecule has 21 heavy (non-hydrogen) atoms. The van der Waals surface area contributed by atoms with Gasteiger partial charge >= 0.3 is 0 Å². The molecule has 1 rings (SSSR count). The molecule has 0 saturated carbocycles. The molecule has 0 aliphatic rings. The molecule has 1 heterocycles. The molecule has 0 radical (unpaired) electrons. The third-order valence-corrected chi connectivity index (χ3v) is 2.74. The second kappa shape index (κ2) is 9.47. The van der Waals surface area contributed by atoms with E-state index >= 15 is 0 Å². The number of aromatic nitrogens is 3. The van der Waals surface area contributed by atoms with E-state index in [9.17, 15) is 9.59 Å². The van der Waals surface area contributed by atoms with Crippen LogP contribution >= 0.6 is 0 Å². The predicted molar refractivity (Wildman–Crippen MR) is 77.4 cm³/mol. The average molecular weight is 290 g/mol. The van der Waals surface area contributed by atoms with Crippen molar-refractivity contribution in [3.05, 3.63) is 0 Å². The van der Waals surface area contributed by atoms with Gasteiger partial charge in [-0.3, -0.25) is 0 Å². The Balaban J connectivity index is 3.13. The van der Waals surface area contributed by atoms with E-state index in [1.807, 2.05) is 4.90 Å². The molecule has 0 N–H and O–H groups in total. The van der Waals surface area contributed by atoms with Crippen molar-refractivity contribution >= 4 is 30.0 Å². The summed E-state index contributed by atoms with van der Waals surface area (Å²) in [6.07, 6.45) is 6.77. The second-order valence-corrected chi connectivity index (χ2v) is 4.34. The minimum Gasteiger partial charge on any atom is -0.341 e. The molecule has 0 spiro atoms. The quantitative estimate of drug-likeness (QED) is 0.510. The molecular formula is C13H18N6O2. The number of unbranched alkanes of at least 4 members (excludes halogenated alkanes) is 2. The van der Waals surface area contributed by atoms with Crippen LogP contribution in [0.4, 0.5) is 17.8 Å². The third kappa shape index (κ3) is 5.60. The summed E-state index contributed by atoms with van der Waals surface area (Å²) in [6.45, 7) is 5.73. The normalized spacial score (nSPS) is 9.62. The van der Waals surface area contributed by atoms with Gasteiger partial charge in [-0.1, -0.05) is 26.7 Å². The standard InChI is InChI=1S/C13H18N6O2/c1-3-5-7-19(8-6-4-2)13-17-11(14-9-20)16-12(18-13)15-10-21/h3-8H2,1-2H3. The first kappa shape index (κ1) is 16.6. The van der Waals surface area contributed by atoms with E-state index in [1.165, 1.54) is 12.2 Å². The highest BCUT2D eigenvalue weighted by atomic mass is 16.1. The molecule has 0 saturated heterocycles. The van der Waals surface area contributed by atoms with Crippen molar-refractivity contribution in [2.45, 2.75) is 39.5 Å². The van der Waals surface area contributed by atoms with E-state index in [0.29, 0.717) is 5.95 Å². The fraction of sp³-hybridized carbons (Fsp3) is 0.615. The first-order valence-corrected chi connectivity index (χ1v) is 6.91. The Kier molecular flexibility index (Phi) is 7.50. The van der Waals surface area contributed by atoms with E-state index in [4.69, 9.17) is 0 Å². The molecule has 8 heteroatoms. The Morgan fingerprint density at radius 2 is 1.38 bits per heavy atom. The molecule has 112 valence electrons. The molecule has 0 atom stereocenters. The molecule has 0 bridgehead atoms. The first-order chi connectivity index (χ1) is 10.2. The zero-order valence-corrected chi connectivity index (χ0v) is 12.2. The minimum atomic E-state index is -0.109. The van der Waals surface area contributed by atoms with Gasteiger partial charge in [0.2, 0.25) is 18.1 Å². The van der Waals surface area contributed by atoms with Gasteiger partial charge in [0.15, 0.2) is 0 Å². The fourth-order valence-electron chi connectivity index (χ4n) is 1.68. The molecular weight excluding hydrogens is 272 g/mol. The molecule has 0 amide bonds. The van der Waals surface area contributed by atoms with Gasteiger partial charge in [-0.15, -0.1) is 9.98 Å². The van der Waals surface area contributed by atoms with Gasteiger partial charge in [0.25, 0.3) is 11.9 Å². The predicted octanol–water partition coefficient (Wildman–Crippen LogP) is 2.21. The molecule has 1 aromatic rings. The van der Waals surface area contributed by atoms with Crippen LogP contribution in [0, 0.1) is 0 Å². The summed E-state index contributed by atoms with van der Waals surface area (Å²) in [4.78, 5) is 41.4. The summed E-state index contributed by atoms with van der Waals surface area (Å²) < 4.78 is 0. The Morgan fingerprint density at radius 1 is 0.905 bits per heavy atom. The van der Waals surface area contributed by atoms with Crippen molar-refractivity contribution in [3.63, 3.8) is 0 Å². The van der Waals surface area contributed by atoms with Crippen LogP contribution in [-0.2, 0) is 9.59 Å². The van der Waals surface area contributed by atoms with Crippen molar-refractivity contribution in [3.8, 4) is 0 Å². The zero-order chi connectivity index (χ0) is 15.5. The lowest BCUT2D eigenvalue weighted by Crippen LogP contribution is -2.27. The van der Waals surface area contributed by atoms with Gasteiger partial charge < -0.3 is 4.90 Å². The van der Waals surface area contributed by atoms with Gasteiger partial charge in [0.1, 0.15) is 0 Å². The highest BCUT2D eigenvalue weighted by molar-refractivity contribution is 5.48. The first-order valence-electron chi connectivity index (χ1n) is 6.91. The van der Waals surface area contributed by atoms with E-state index in [2.05, 4.69) is 38.8 Å². The highest BCUT2D eigenvalue weighted by Crippen LogP contribution is 2.17. The van der Waals surface area contributed by atoms with Crippen LogP contribution in [0.2, 0.25) is 0 Å². The van der Waals surface area contributed by atoms with Crippen molar-refractivity contribution < 1.29 is 9.59 Å². The smallest absolute Gasteiger partial charge is 0.267 e. The van der Waals surface area contributed by atoms with Crippen LogP contribution in [0.25, 0.3) is 0 Å². The number of rotatable bonds is 9. The van der Waals surface area contributed by atoms with Gasteiger partial charge in [0.05, 0.1) is 0 Å². The highest BCUT2D eigenvalue weighted by Gasteiger charge is 2.13. The molecule has 1 aromatic heterocycles. The van der Waals surface area contributed by atoms with Crippen molar-refractivity contribution in [2.24, 2.45) is 9.98 Å². The Bertz CT molecular complexity index is 505. The zero-order valence-electron chi connectivity index (χ0n) is 12.2. The fourth-order valence-corrected chi connectivity index (χ4v) is 1.68. The maximum Gasteiger partial charge on any atom is 0.267 e. The Morgan fingerprint density at radius 3 is 1.76 bits per heavy atom. The minimum absolute atomic E-state index is 0.109. The topological polar surface area (TPSA) is 101 Å². The van der Waals surface area contributed by atoms with Crippen LogP contribution in [-0.4, -0.2) is 40.2 Å². The van der Waals surface area contributed by atoms with Crippen molar-refractivity contribution in [1.82, 2.24) is 15.0 Å². The summed E-state index contributed by atoms with van der Waals surface area (Å²) in [5.41, 5.74) is 0. The molecule has 0 fully saturated rings. The number of aliphatic imine (C=N–C) groups is 2. The van der Waals surface area contributed by atoms with Gasteiger partial charge in [-0.2, -0.15) is 15.0 Å². The van der Waals surface area contributed by atoms with Gasteiger partial charge in [0, 0.05) is 13.1 Å². The number of hydrogen-bond donors (Lipinski definition) is 0. The van der Waals surface area contributed by atoms with Gasteiger partial charge in [-0.05, 0) is 12.8 Å². The SMILES string of the molecule is CCCCN(CCCC)c1nc(N=C=O)nc(N=C=O)n1. The summed E-state index contributed by atoms with van der Waals surface area (Å²) in [6, 6.07) is 0. The van der Waals surface area contributed by atoms with Crippen LogP contribution in [0.1, 0.15) is 39.5 Å². The lowest BCUT2D eigenvalue weighted by Gasteiger charge is -2.22. The maximum absolute atomic E-state index is 10.4. The summed E-state index contributed by atoms with van der Waals surface area (Å²) in [5, 5.41) is 0. The van der Waals surface area contributed by atoms with E-state index < -0.39 is 0 Å². The lowest BCUT2D eigenvalue weighted by atomic mass is 10.3. The molecule has 8 nitrogen and oxygen atoms in total. The van der Waals surface area contributed by atoms with E-state index in [0.717, 1.165) is 38.8 Å². The Labute approximate surface area is 123 Å². The van der Waals surface area contributed by atoms with Gasteiger partial charge in [-0.25, -0.2) is 9.59 Å². The monoisotopic (exact) mass is 290 g/mol. The summed E-state index contributed by atoms with van der Waals surface area (Å²) in [7, 11) is 0. The number of isocyanates is 2. The number of nitrogens with zero attached hydrogens (tertiary/aromatic N) is 6. The van der Waals surface area contributed by atoms with Crippen molar-refractivity contribution in [2.75, 3.05) is 18.0 Å². The van der Waals surface area contributed by atoms with Crippen LogP contribution in [0.5, 0.6) is 0 Å². The number of hydrogen-bond acceptors (Lipinski definition) is 8. The largest absolute Gasteiger partial charge is 0.341 e. The average Bonchev–Trinajstić information content (AvgIpc) is 2.48. The summed E-state index contributed by atoms with van der Waals surface area (Å²) in [5.74, 6) is 0.138. The molecule has 0 aliphatic carbocycles. The molecule has 0 aromatic carbocycles. The number of carbonyl (C=O) groups excluding carboxylic acids is 2. The third-order valence-electron chi connectivity index (χ3n) is 2.74. The van der Waals surface area contributed by atoms with Crippen LogP contribution in [0.3, 0.4) is 0 Å². The second-order valence-electron chi connectivity index (χ2n) is 4.34. The molecule has 0 unspecified atom stereocenters. The van der Waals surface area contributed by atoms with Crippen LogP contribution in [0.15, 0.2) is 9.98 Å². The summed E-state index contributed by atoms with van der Waals surface area (Å²) >= 11 is 0. The van der Waals surface area contributed by atoms with Crippen LogP contribution < -0.4 is 4.90 Å². The Hall–Kier alpha value is -2.43. The number of anilines is 1. The molecule has 0 aliphatic heterocycles. The van der Waals surface area contributed by atoms with E-state index in [-0.39, 0.29) is 11.9 Å². The van der Waals surface area contributed by atoms with Crippen molar-refractivity contribution in [1.29, 1.82) is 0 Å².